The molecule has 0 atom stereocenters. The Morgan fingerprint density at radius 3 is 2.33 bits per heavy atom. The van der Waals surface area contributed by atoms with Gasteiger partial charge in [0, 0.05) is 18.3 Å². The predicted molar refractivity (Wildman–Crippen MR) is 44.1 cm³/mol. The molecule has 3 nitrogen and oxygen atoms in total. The first-order valence-electron chi connectivity index (χ1n) is 3.40. The van der Waals surface area contributed by atoms with Gasteiger partial charge in [-0.3, -0.25) is 4.79 Å². The summed E-state index contributed by atoms with van der Waals surface area (Å²) >= 11 is 0. The Bertz CT molecular complexity index is 282. The van der Waals surface area contributed by atoms with Crippen LogP contribution in [0.25, 0.3) is 0 Å². The van der Waals surface area contributed by atoms with E-state index in [1.54, 1.807) is 12.1 Å². The number of nitrogens with two attached hydrogens (primary N) is 1. The second kappa shape index (κ2) is 3.21. The number of hydrogen-bond donors (Lipinski definition) is 1. The fraction of sp³-hybridized carbons (Fsp3) is 0.125. The first-order valence-corrected chi connectivity index (χ1v) is 3.40. The second-order valence-corrected chi connectivity index (χ2v) is 2.40. The molecule has 0 fully saturated rings. The molecule has 4 heteroatoms. The number of nitrogens with zero attached hydrogens (tertiary/aromatic N) is 1. The molecule has 1 aromatic rings. The minimum atomic E-state index is -0.671. The summed E-state index contributed by atoms with van der Waals surface area (Å²) in [4.78, 5) is 11.0. The van der Waals surface area contributed by atoms with E-state index in [9.17, 15) is 9.28 Å². The molecule has 1 aromatic carbocycles. The Hall–Kier alpha value is -1.58. The standard InChI is InChI=1S/C8H9FN2O/c1-11(9)8(12)6-2-4-7(10)5-3-6/h2-5H,10H2,1H3. The van der Waals surface area contributed by atoms with E-state index in [0.29, 0.717) is 5.69 Å². The highest BCUT2D eigenvalue weighted by Crippen LogP contribution is 2.07. The number of halogens is 1. The van der Waals surface area contributed by atoms with Gasteiger partial charge in [0.15, 0.2) is 0 Å². The molecule has 1 rings (SSSR count). The summed E-state index contributed by atoms with van der Waals surface area (Å²) in [7, 11) is 1.05. The molecule has 0 saturated heterocycles. The van der Waals surface area contributed by atoms with E-state index in [4.69, 9.17) is 5.73 Å². The van der Waals surface area contributed by atoms with Crippen LogP contribution in [0.3, 0.4) is 0 Å². The third-order valence-electron chi connectivity index (χ3n) is 1.44. The average molecular weight is 168 g/mol. The lowest BCUT2D eigenvalue weighted by atomic mass is 10.2. The molecule has 0 aliphatic carbocycles. The van der Waals surface area contributed by atoms with Crippen LogP contribution in [0.2, 0.25) is 0 Å². The number of amides is 1. The van der Waals surface area contributed by atoms with E-state index in [2.05, 4.69) is 0 Å². The number of carbonyl (C=O) groups is 1. The van der Waals surface area contributed by atoms with Crippen molar-refractivity contribution in [2.45, 2.75) is 0 Å². The van der Waals surface area contributed by atoms with Gasteiger partial charge in [-0.25, -0.2) is 0 Å². The highest BCUT2D eigenvalue weighted by molar-refractivity contribution is 5.93. The quantitative estimate of drug-likeness (QED) is 0.506. The van der Waals surface area contributed by atoms with E-state index >= 15 is 0 Å². The van der Waals surface area contributed by atoms with Crippen LogP contribution in [0.4, 0.5) is 10.2 Å². The maximum atomic E-state index is 12.3. The van der Waals surface area contributed by atoms with E-state index in [0.717, 1.165) is 7.05 Å². The average Bonchev–Trinajstić information content (AvgIpc) is 2.04. The van der Waals surface area contributed by atoms with Crippen molar-refractivity contribution in [1.29, 1.82) is 0 Å². The molecule has 0 unspecified atom stereocenters. The summed E-state index contributed by atoms with van der Waals surface area (Å²) < 4.78 is 12.3. The van der Waals surface area contributed by atoms with Gasteiger partial charge in [-0.15, -0.1) is 0 Å². The second-order valence-electron chi connectivity index (χ2n) is 2.40. The summed E-state index contributed by atoms with van der Waals surface area (Å²) in [5.41, 5.74) is 6.22. The van der Waals surface area contributed by atoms with Crippen LogP contribution >= 0.6 is 0 Å². The van der Waals surface area contributed by atoms with Crippen LogP contribution in [0.1, 0.15) is 10.4 Å². The smallest absolute Gasteiger partial charge is 0.281 e. The lowest BCUT2D eigenvalue weighted by Crippen LogP contribution is -2.17. The summed E-state index contributed by atoms with van der Waals surface area (Å²) in [6.45, 7) is 0. The molecule has 0 aromatic heterocycles. The molecule has 0 bridgehead atoms. The molecule has 0 saturated carbocycles. The molecule has 0 heterocycles. The minimum absolute atomic E-state index is 0.0333. The number of nitrogen functional groups attached to an aromatic ring is 1. The zero-order valence-corrected chi connectivity index (χ0v) is 6.62. The maximum Gasteiger partial charge on any atom is 0.281 e. The maximum absolute atomic E-state index is 12.3. The van der Waals surface area contributed by atoms with Crippen molar-refractivity contribution < 1.29 is 9.28 Å². The largest absolute Gasteiger partial charge is 0.399 e. The van der Waals surface area contributed by atoms with Gasteiger partial charge >= 0.3 is 0 Å². The lowest BCUT2D eigenvalue weighted by Gasteiger charge is -2.04. The zero-order chi connectivity index (χ0) is 9.14. The monoisotopic (exact) mass is 168 g/mol. The van der Waals surface area contributed by atoms with Crippen LogP contribution in [0.15, 0.2) is 24.3 Å². The highest BCUT2D eigenvalue weighted by atomic mass is 19.2. The Morgan fingerprint density at radius 1 is 1.42 bits per heavy atom. The molecule has 2 N–H and O–H groups in total. The van der Waals surface area contributed by atoms with Gasteiger partial charge in [0.1, 0.15) is 0 Å². The molecule has 0 aliphatic rings. The van der Waals surface area contributed by atoms with Gasteiger partial charge in [-0.1, -0.05) is 4.48 Å². The summed E-state index contributed by atoms with van der Waals surface area (Å²) in [5.74, 6) is -0.671. The number of anilines is 1. The van der Waals surface area contributed by atoms with Crippen LogP contribution in [0, 0.1) is 0 Å². The third-order valence-corrected chi connectivity index (χ3v) is 1.44. The van der Waals surface area contributed by atoms with E-state index in [-0.39, 0.29) is 10.7 Å². The molecule has 0 radical (unpaired) electrons. The highest BCUT2D eigenvalue weighted by Gasteiger charge is 2.09. The van der Waals surface area contributed by atoms with Crippen molar-refractivity contribution in [1.82, 2.24) is 5.12 Å². The van der Waals surface area contributed by atoms with Crippen molar-refractivity contribution in [2.75, 3.05) is 12.8 Å². The van der Waals surface area contributed by atoms with Gasteiger partial charge in [0.25, 0.3) is 5.91 Å². The van der Waals surface area contributed by atoms with Crippen LogP contribution in [-0.2, 0) is 0 Å². The van der Waals surface area contributed by atoms with Crippen molar-refractivity contribution in [3.63, 3.8) is 0 Å². The Labute approximate surface area is 69.5 Å². The molecular weight excluding hydrogens is 159 g/mol. The molecule has 0 aliphatic heterocycles. The fourth-order valence-corrected chi connectivity index (χ4v) is 0.804. The number of carbonyl (C=O) groups excluding carboxylic acids is 1. The Morgan fingerprint density at radius 2 is 1.92 bits per heavy atom. The van der Waals surface area contributed by atoms with Gasteiger partial charge < -0.3 is 5.73 Å². The van der Waals surface area contributed by atoms with Crippen molar-refractivity contribution >= 4 is 11.6 Å². The van der Waals surface area contributed by atoms with Crippen LogP contribution < -0.4 is 5.73 Å². The Kier molecular flexibility index (Phi) is 2.28. The molecule has 64 valence electrons. The van der Waals surface area contributed by atoms with Crippen molar-refractivity contribution in [3.8, 4) is 0 Å². The topological polar surface area (TPSA) is 46.3 Å². The van der Waals surface area contributed by atoms with Gasteiger partial charge in [0.05, 0.1) is 0 Å². The van der Waals surface area contributed by atoms with E-state index in [1.165, 1.54) is 12.1 Å². The van der Waals surface area contributed by atoms with Gasteiger partial charge in [-0.2, -0.15) is 5.12 Å². The van der Waals surface area contributed by atoms with Crippen molar-refractivity contribution in [2.24, 2.45) is 0 Å². The molecule has 12 heavy (non-hydrogen) atoms. The number of hydrogen-bond acceptors (Lipinski definition) is 2. The third kappa shape index (κ3) is 1.72. The first kappa shape index (κ1) is 8.52. The van der Waals surface area contributed by atoms with E-state index in [1.807, 2.05) is 0 Å². The Balaban J connectivity index is 2.90. The predicted octanol–water partition coefficient (Wildman–Crippen LogP) is 1.23. The lowest BCUT2D eigenvalue weighted by molar-refractivity contribution is 0.0343. The van der Waals surface area contributed by atoms with Gasteiger partial charge in [-0.05, 0) is 24.3 Å². The fourth-order valence-electron chi connectivity index (χ4n) is 0.804. The zero-order valence-electron chi connectivity index (χ0n) is 6.62. The SMILES string of the molecule is CN(F)C(=O)c1ccc(N)cc1. The summed E-state index contributed by atoms with van der Waals surface area (Å²) in [5, 5.41) is 0.0333. The molecular formula is C8H9FN2O. The summed E-state index contributed by atoms with van der Waals surface area (Å²) in [6.07, 6.45) is 0. The van der Waals surface area contributed by atoms with E-state index < -0.39 is 5.91 Å². The van der Waals surface area contributed by atoms with Gasteiger partial charge in [0.2, 0.25) is 0 Å². The number of rotatable bonds is 1. The molecule has 1 amide bonds. The normalized spacial score (nSPS) is 9.50. The summed E-state index contributed by atoms with van der Waals surface area (Å²) in [6, 6.07) is 6.06. The van der Waals surface area contributed by atoms with Crippen LogP contribution in [-0.4, -0.2) is 18.1 Å². The van der Waals surface area contributed by atoms with Crippen molar-refractivity contribution in [3.05, 3.63) is 29.8 Å². The first-order chi connectivity index (χ1) is 5.61. The molecule has 0 spiro atoms. The number of benzene rings is 1. The minimum Gasteiger partial charge on any atom is -0.399 e. The van der Waals surface area contributed by atoms with Crippen LogP contribution in [0.5, 0.6) is 0 Å².